The molecule has 0 aliphatic rings. The van der Waals surface area contributed by atoms with Crippen molar-refractivity contribution in [2.24, 2.45) is 0 Å². The highest BCUT2D eigenvalue weighted by Gasteiger charge is 2.02. The van der Waals surface area contributed by atoms with Gasteiger partial charge < -0.3 is 5.32 Å². The monoisotopic (exact) mass is 248 g/mol. The Morgan fingerprint density at radius 2 is 2.12 bits per heavy atom. The molecular weight excluding hydrogens is 232 g/mol. The fourth-order valence-corrected chi connectivity index (χ4v) is 2.30. The first-order valence-corrected chi connectivity index (χ1v) is 6.48. The van der Waals surface area contributed by atoms with Gasteiger partial charge in [0.15, 0.2) is 0 Å². The number of hydrogen-bond donors (Lipinski definition) is 1. The zero-order chi connectivity index (χ0) is 12.3. The molecule has 2 aromatic heterocycles. The lowest BCUT2D eigenvalue weighted by Gasteiger charge is -2.06. The molecule has 0 fully saturated rings. The van der Waals surface area contributed by atoms with Crippen molar-refractivity contribution in [1.29, 1.82) is 0 Å². The van der Waals surface area contributed by atoms with E-state index in [-0.39, 0.29) is 0 Å². The quantitative estimate of drug-likeness (QED) is 0.904. The third kappa shape index (κ3) is 3.23. The Morgan fingerprint density at radius 3 is 2.76 bits per heavy atom. The van der Waals surface area contributed by atoms with Crippen molar-refractivity contribution in [2.45, 2.75) is 33.7 Å². The van der Waals surface area contributed by atoms with Crippen LogP contribution in [0.5, 0.6) is 0 Å². The number of nitrogens with zero attached hydrogens (tertiary/aromatic N) is 3. The van der Waals surface area contributed by atoms with E-state index in [1.165, 1.54) is 4.88 Å². The molecule has 0 amide bonds. The molecule has 0 aromatic carbocycles. The summed E-state index contributed by atoms with van der Waals surface area (Å²) < 4.78 is 0. The molecule has 90 valence electrons. The molecule has 1 N–H and O–H groups in total. The Morgan fingerprint density at radius 1 is 1.29 bits per heavy atom. The fraction of sp³-hybridized carbons (Fsp3) is 0.417. The Bertz CT molecular complexity index is 507. The average molecular weight is 248 g/mol. The first-order valence-electron chi connectivity index (χ1n) is 5.67. The van der Waals surface area contributed by atoms with Crippen LogP contribution in [0.3, 0.4) is 0 Å². The van der Waals surface area contributed by atoms with Gasteiger partial charge in [-0.15, -0.1) is 11.3 Å². The molecule has 2 aromatic rings. The summed E-state index contributed by atoms with van der Waals surface area (Å²) >= 11 is 1.70. The maximum Gasteiger partial charge on any atom is 0.130 e. The first-order chi connectivity index (χ1) is 8.17. The van der Waals surface area contributed by atoms with E-state index in [2.05, 4.69) is 27.2 Å². The molecule has 0 saturated heterocycles. The maximum absolute atomic E-state index is 4.37. The molecule has 0 spiro atoms. The van der Waals surface area contributed by atoms with E-state index in [1.807, 2.05) is 26.1 Å². The summed E-state index contributed by atoms with van der Waals surface area (Å²) in [5.41, 5.74) is 1.07. The van der Waals surface area contributed by atoms with Crippen LogP contribution >= 0.6 is 11.3 Å². The highest BCUT2D eigenvalue weighted by Crippen LogP contribution is 2.14. The Hall–Kier alpha value is -1.49. The zero-order valence-corrected chi connectivity index (χ0v) is 11.1. The minimum absolute atomic E-state index is 0.769. The van der Waals surface area contributed by atoms with Crippen molar-refractivity contribution in [3.8, 4) is 0 Å². The summed E-state index contributed by atoms with van der Waals surface area (Å²) in [5, 5.41) is 4.40. The van der Waals surface area contributed by atoms with Crippen LogP contribution in [0.2, 0.25) is 0 Å². The molecular formula is C12H16N4S. The van der Waals surface area contributed by atoms with Crippen molar-refractivity contribution < 1.29 is 0 Å². The predicted octanol–water partition coefficient (Wildman–Crippen LogP) is 2.72. The SMILES string of the molecule is CCc1cc(NCc2cnc(C)s2)nc(C)n1. The largest absolute Gasteiger partial charge is 0.365 e. The average Bonchev–Trinajstić information content (AvgIpc) is 2.72. The van der Waals surface area contributed by atoms with Crippen LogP contribution < -0.4 is 5.32 Å². The van der Waals surface area contributed by atoms with Crippen LogP contribution in [-0.4, -0.2) is 15.0 Å². The molecule has 17 heavy (non-hydrogen) atoms. The van der Waals surface area contributed by atoms with E-state index in [9.17, 15) is 0 Å². The maximum atomic E-state index is 4.37. The van der Waals surface area contributed by atoms with Gasteiger partial charge in [-0.2, -0.15) is 0 Å². The lowest BCUT2D eigenvalue weighted by atomic mass is 10.3. The predicted molar refractivity (Wildman–Crippen MR) is 70.3 cm³/mol. The zero-order valence-electron chi connectivity index (χ0n) is 10.3. The number of thiazole rings is 1. The number of hydrogen-bond acceptors (Lipinski definition) is 5. The molecule has 0 saturated carbocycles. The third-order valence-corrected chi connectivity index (χ3v) is 3.28. The minimum Gasteiger partial charge on any atom is -0.365 e. The van der Waals surface area contributed by atoms with Gasteiger partial charge in [0.1, 0.15) is 11.6 Å². The number of aromatic nitrogens is 3. The Labute approximate surface area is 105 Å². The van der Waals surface area contributed by atoms with E-state index in [0.29, 0.717) is 0 Å². The van der Waals surface area contributed by atoms with E-state index < -0.39 is 0 Å². The number of rotatable bonds is 4. The summed E-state index contributed by atoms with van der Waals surface area (Å²) in [4.78, 5) is 14.2. The van der Waals surface area contributed by atoms with Crippen LogP contribution in [0.1, 0.15) is 28.3 Å². The molecule has 0 unspecified atom stereocenters. The highest BCUT2D eigenvalue weighted by molar-refractivity contribution is 7.11. The van der Waals surface area contributed by atoms with Gasteiger partial charge in [-0.3, -0.25) is 0 Å². The fourth-order valence-electron chi connectivity index (χ4n) is 1.57. The summed E-state index contributed by atoms with van der Waals surface area (Å²) in [7, 11) is 0. The van der Waals surface area contributed by atoms with Crippen LogP contribution in [0.4, 0.5) is 5.82 Å². The lowest BCUT2D eigenvalue weighted by molar-refractivity contribution is 0.943. The molecule has 0 radical (unpaired) electrons. The van der Waals surface area contributed by atoms with E-state index >= 15 is 0 Å². The highest BCUT2D eigenvalue weighted by atomic mass is 32.1. The van der Waals surface area contributed by atoms with Crippen LogP contribution in [0, 0.1) is 13.8 Å². The number of nitrogens with one attached hydrogen (secondary N) is 1. The van der Waals surface area contributed by atoms with Gasteiger partial charge in [-0.25, -0.2) is 15.0 Å². The van der Waals surface area contributed by atoms with Gasteiger partial charge in [-0.05, 0) is 20.3 Å². The van der Waals surface area contributed by atoms with Crippen molar-refractivity contribution in [3.05, 3.63) is 33.7 Å². The van der Waals surface area contributed by atoms with Gasteiger partial charge in [0.25, 0.3) is 0 Å². The summed E-state index contributed by atoms with van der Waals surface area (Å²) in [6, 6.07) is 2.00. The number of aryl methyl sites for hydroxylation is 3. The van der Waals surface area contributed by atoms with Gasteiger partial charge in [0.2, 0.25) is 0 Å². The molecule has 2 heterocycles. The smallest absolute Gasteiger partial charge is 0.130 e. The second-order valence-electron chi connectivity index (χ2n) is 3.84. The second kappa shape index (κ2) is 5.23. The first kappa shape index (κ1) is 12.0. The molecule has 5 heteroatoms. The van der Waals surface area contributed by atoms with Crippen molar-refractivity contribution in [1.82, 2.24) is 15.0 Å². The Balaban J connectivity index is 2.05. The standard InChI is InChI=1S/C12H16N4S/c1-4-10-5-12(16-8(2)15-10)14-7-11-6-13-9(3)17-11/h5-6H,4,7H2,1-3H3,(H,14,15,16). The minimum atomic E-state index is 0.769. The molecule has 4 nitrogen and oxygen atoms in total. The van der Waals surface area contributed by atoms with Gasteiger partial charge >= 0.3 is 0 Å². The van der Waals surface area contributed by atoms with Gasteiger partial charge in [0, 0.05) is 22.8 Å². The Kier molecular flexibility index (Phi) is 3.68. The number of anilines is 1. The molecule has 0 bridgehead atoms. The molecule has 0 aliphatic heterocycles. The van der Waals surface area contributed by atoms with E-state index in [0.717, 1.165) is 35.3 Å². The van der Waals surface area contributed by atoms with Crippen LogP contribution in [-0.2, 0) is 13.0 Å². The van der Waals surface area contributed by atoms with Crippen molar-refractivity contribution >= 4 is 17.2 Å². The topological polar surface area (TPSA) is 50.7 Å². The van der Waals surface area contributed by atoms with Crippen LogP contribution in [0.15, 0.2) is 12.3 Å². The van der Waals surface area contributed by atoms with E-state index in [1.54, 1.807) is 11.3 Å². The van der Waals surface area contributed by atoms with E-state index in [4.69, 9.17) is 0 Å². The summed E-state index contributed by atoms with van der Waals surface area (Å²) in [6.45, 7) is 6.79. The molecule has 0 aliphatic carbocycles. The molecule has 0 atom stereocenters. The van der Waals surface area contributed by atoms with Crippen molar-refractivity contribution in [2.75, 3.05) is 5.32 Å². The van der Waals surface area contributed by atoms with Crippen LogP contribution in [0.25, 0.3) is 0 Å². The van der Waals surface area contributed by atoms with Gasteiger partial charge in [-0.1, -0.05) is 6.92 Å². The third-order valence-electron chi connectivity index (χ3n) is 2.37. The van der Waals surface area contributed by atoms with Crippen molar-refractivity contribution in [3.63, 3.8) is 0 Å². The normalized spacial score (nSPS) is 10.5. The molecule has 2 rings (SSSR count). The summed E-state index contributed by atoms with van der Waals surface area (Å²) in [6.07, 6.45) is 2.83. The van der Waals surface area contributed by atoms with Gasteiger partial charge in [0.05, 0.1) is 11.6 Å². The summed E-state index contributed by atoms with van der Waals surface area (Å²) in [5.74, 6) is 1.70. The second-order valence-corrected chi connectivity index (χ2v) is 5.16. The lowest BCUT2D eigenvalue weighted by Crippen LogP contribution is -2.03.